The average molecular weight is 456 g/mol. The van der Waals surface area contributed by atoms with Gasteiger partial charge in [-0.15, -0.1) is 0 Å². The van der Waals surface area contributed by atoms with E-state index >= 15 is 0 Å². The summed E-state index contributed by atoms with van der Waals surface area (Å²) >= 11 is 0. The zero-order chi connectivity index (χ0) is 23.7. The molecule has 0 saturated carbocycles. The highest BCUT2D eigenvalue weighted by molar-refractivity contribution is 6.34. The van der Waals surface area contributed by atoms with E-state index in [4.69, 9.17) is 9.47 Å². The third-order valence-electron chi connectivity index (χ3n) is 5.76. The highest BCUT2D eigenvalue weighted by Crippen LogP contribution is 2.31. The zero-order valence-corrected chi connectivity index (χ0v) is 18.0. The van der Waals surface area contributed by atoms with Crippen LogP contribution < -0.4 is 15.0 Å². The first-order valence-electron chi connectivity index (χ1n) is 10.8. The molecule has 1 unspecified atom stereocenters. The molecule has 2 heterocycles. The van der Waals surface area contributed by atoms with Crippen LogP contribution >= 0.6 is 0 Å². The molecule has 2 aliphatic rings. The maximum atomic E-state index is 12.7. The summed E-state index contributed by atoms with van der Waals surface area (Å²) in [5.74, 6) is -1.36. The number of rotatable bonds is 5. The largest absolute Gasteiger partial charge is 0.493 e. The SMILES string of the molecule is O=C(COC(=O)c1cccc(N2C(=O)c3ccccc3C2=O)c1)NC1CCOc2ccccc21. The first kappa shape index (κ1) is 21.4. The van der Waals surface area contributed by atoms with E-state index in [0.29, 0.717) is 24.2 Å². The van der Waals surface area contributed by atoms with Crippen molar-refractivity contribution in [1.82, 2.24) is 5.32 Å². The van der Waals surface area contributed by atoms with Gasteiger partial charge in [0, 0.05) is 12.0 Å². The third-order valence-corrected chi connectivity index (χ3v) is 5.76. The summed E-state index contributed by atoms with van der Waals surface area (Å²) in [7, 11) is 0. The van der Waals surface area contributed by atoms with Gasteiger partial charge in [-0.05, 0) is 36.4 Å². The number of amides is 3. The van der Waals surface area contributed by atoms with Crippen LogP contribution in [0.25, 0.3) is 0 Å². The maximum absolute atomic E-state index is 12.7. The van der Waals surface area contributed by atoms with Crippen LogP contribution in [0.4, 0.5) is 5.69 Å². The molecule has 3 aromatic carbocycles. The number of hydrogen-bond acceptors (Lipinski definition) is 6. The van der Waals surface area contributed by atoms with Crippen LogP contribution in [0.15, 0.2) is 72.8 Å². The van der Waals surface area contributed by atoms with Gasteiger partial charge in [0.2, 0.25) is 0 Å². The van der Waals surface area contributed by atoms with E-state index in [1.165, 1.54) is 12.1 Å². The monoisotopic (exact) mass is 456 g/mol. The van der Waals surface area contributed by atoms with Crippen molar-refractivity contribution in [2.24, 2.45) is 0 Å². The van der Waals surface area contributed by atoms with Crippen LogP contribution in [0.3, 0.4) is 0 Å². The van der Waals surface area contributed by atoms with Gasteiger partial charge in [-0.3, -0.25) is 14.4 Å². The number of nitrogens with zero attached hydrogens (tertiary/aromatic N) is 1. The number of carbonyl (C=O) groups excluding carboxylic acids is 4. The molecule has 5 rings (SSSR count). The van der Waals surface area contributed by atoms with Gasteiger partial charge in [-0.25, -0.2) is 9.69 Å². The Kier molecular flexibility index (Phi) is 5.55. The Bertz CT molecular complexity index is 1280. The van der Waals surface area contributed by atoms with E-state index in [9.17, 15) is 19.2 Å². The van der Waals surface area contributed by atoms with Crippen molar-refractivity contribution >= 4 is 29.4 Å². The molecule has 0 fully saturated rings. The van der Waals surface area contributed by atoms with Gasteiger partial charge in [-0.1, -0.05) is 36.4 Å². The molecule has 1 N–H and O–H groups in total. The maximum Gasteiger partial charge on any atom is 0.338 e. The molecule has 3 amide bonds. The highest BCUT2D eigenvalue weighted by atomic mass is 16.5. The van der Waals surface area contributed by atoms with Gasteiger partial charge in [-0.2, -0.15) is 0 Å². The van der Waals surface area contributed by atoms with Crippen LogP contribution in [-0.4, -0.2) is 36.9 Å². The Morgan fingerprint density at radius 1 is 0.941 bits per heavy atom. The second kappa shape index (κ2) is 8.82. The number of ether oxygens (including phenoxy) is 2. The van der Waals surface area contributed by atoms with Gasteiger partial charge in [0.25, 0.3) is 17.7 Å². The molecule has 1 atom stereocenters. The predicted molar refractivity (Wildman–Crippen MR) is 122 cm³/mol. The van der Waals surface area contributed by atoms with Gasteiger partial charge in [0.1, 0.15) is 5.75 Å². The number of imide groups is 1. The summed E-state index contributed by atoms with van der Waals surface area (Å²) in [5, 5.41) is 2.87. The smallest absolute Gasteiger partial charge is 0.338 e. The number of benzene rings is 3. The van der Waals surface area contributed by atoms with Crippen LogP contribution in [0.2, 0.25) is 0 Å². The fourth-order valence-electron chi connectivity index (χ4n) is 4.14. The second-order valence-electron chi connectivity index (χ2n) is 7.91. The summed E-state index contributed by atoms with van der Waals surface area (Å²) < 4.78 is 10.8. The van der Waals surface area contributed by atoms with Crippen molar-refractivity contribution in [3.8, 4) is 5.75 Å². The summed E-state index contributed by atoms with van der Waals surface area (Å²) in [4.78, 5) is 51.4. The molecule has 8 nitrogen and oxygen atoms in total. The van der Waals surface area contributed by atoms with Crippen molar-refractivity contribution in [2.75, 3.05) is 18.1 Å². The molecule has 2 aliphatic heterocycles. The van der Waals surface area contributed by atoms with Crippen LogP contribution in [-0.2, 0) is 9.53 Å². The summed E-state index contributed by atoms with van der Waals surface area (Å²) in [6.45, 7) is 0.0158. The van der Waals surface area contributed by atoms with E-state index in [-0.39, 0.29) is 17.3 Å². The Labute approximate surface area is 195 Å². The minimum atomic E-state index is -0.735. The molecule has 0 aliphatic carbocycles. The second-order valence-corrected chi connectivity index (χ2v) is 7.91. The zero-order valence-electron chi connectivity index (χ0n) is 18.0. The summed E-state index contributed by atoms with van der Waals surface area (Å²) in [6.07, 6.45) is 0.610. The third kappa shape index (κ3) is 3.90. The van der Waals surface area contributed by atoms with Crippen molar-refractivity contribution in [1.29, 1.82) is 0 Å². The lowest BCUT2D eigenvalue weighted by atomic mass is 10.0. The average Bonchev–Trinajstić information content (AvgIpc) is 3.13. The topological polar surface area (TPSA) is 102 Å². The summed E-state index contributed by atoms with van der Waals surface area (Å²) in [6, 6.07) is 19.8. The first-order valence-corrected chi connectivity index (χ1v) is 10.8. The fourth-order valence-corrected chi connectivity index (χ4v) is 4.14. The molecule has 0 spiro atoms. The number of nitrogens with one attached hydrogen (secondary N) is 1. The molecule has 3 aromatic rings. The first-order chi connectivity index (χ1) is 16.5. The number of fused-ring (bicyclic) bond motifs is 2. The van der Waals surface area contributed by atoms with E-state index in [1.54, 1.807) is 36.4 Å². The lowest BCUT2D eigenvalue weighted by Gasteiger charge is -2.26. The van der Waals surface area contributed by atoms with Crippen LogP contribution in [0.5, 0.6) is 5.75 Å². The highest BCUT2D eigenvalue weighted by Gasteiger charge is 2.36. The Morgan fingerprint density at radius 3 is 2.41 bits per heavy atom. The van der Waals surface area contributed by atoms with Crippen molar-refractivity contribution in [2.45, 2.75) is 12.5 Å². The normalized spacial score (nSPS) is 16.4. The van der Waals surface area contributed by atoms with Crippen molar-refractivity contribution < 1.29 is 28.7 Å². The quantitative estimate of drug-likeness (QED) is 0.467. The standard InChI is InChI=1S/C26H20N2O6/c29-23(27-21-12-13-33-22-11-4-3-10-20(21)22)15-34-26(32)16-6-5-7-17(14-16)28-24(30)18-8-1-2-9-19(18)25(28)31/h1-11,14,21H,12-13,15H2,(H,27,29). The molecule has 0 radical (unpaired) electrons. The number of para-hydroxylation sites is 1. The minimum Gasteiger partial charge on any atom is -0.493 e. The Morgan fingerprint density at radius 2 is 1.65 bits per heavy atom. The molecule has 0 bridgehead atoms. The Hall–Kier alpha value is -4.46. The minimum absolute atomic E-state index is 0.123. The van der Waals surface area contributed by atoms with E-state index in [2.05, 4.69) is 5.32 Å². The summed E-state index contributed by atoms with van der Waals surface area (Å²) in [5.41, 5.74) is 1.88. The van der Waals surface area contributed by atoms with E-state index in [1.807, 2.05) is 24.3 Å². The van der Waals surface area contributed by atoms with Gasteiger partial charge in [0.05, 0.1) is 35.0 Å². The predicted octanol–water partition coefficient (Wildman–Crippen LogP) is 3.28. The van der Waals surface area contributed by atoms with Gasteiger partial charge < -0.3 is 14.8 Å². The lowest BCUT2D eigenvalue weighted by Crippen LogP contribution is -2.35. The van der Waals surface area contributed by atoms with Gasteiger partial charge >= 0.3 is 5.97 Å². The molecule has 8 heteroatoms. The molecule has 170 valence electrons. The van der Waals surface area contributed by atoms with Crippen molar-refractivity contribution in [3.63, 3.8) is 0 Å². The Balaban J connectivity index is 1.24. The molecule has 34 heavy (non-hydrogen) atoms. The molecule has 0 aromatic heterocycles. The molecular formula is C26H20N2O6. The fraction of sp³-hybridized carbons (Fsp3) is 0.154. The van der Waals surface area contributed by atoms with E-state index in [0.717, 1.165) is 16.2 Å². The molecular weight excluding hydrogens is 436 g/mol. The number of esters is 1. The van der Waals surface area contributed by atoms with Gasteiger partial charge in [0.15, 0.2) is 6.61 Å². The van der Waals surface area contributed by atoms with E-state index < -0.39 is 30.3 Å². The number of hydrogen-bond donors (Lipinski definition) is 1. The lowest BCUT2D eigenvalue weighted by molar-refractivity contribution is -0.125. The van der Waals surface area contributed by atoms with Crippen LogP contribution in [0.1, 0.15) is 49.1 Å². The molecule has 0 saturated heterocycles. The van der Waals surface area contributed by atoms with Crippen LogP contribution in [0, 0.1) is 0 Å². The number of anilines is 1. The number of carbonyl (C=O) groups is 4. The van der Waals surface area contributed by atoms with Crippen molar-refractivity contribution in [3.05, 3.63) is 95.1 Å².